The first-order valence-corrected chi connectivity index (χ1v) is 5.79. The number of nitrogens with zero attached hydrogens (tertiary/aromatic N) is 1. The van der Waals surface area contributed by atoms with E-state index in [1.165, 1.54) is 38.8 Å². The van der Waals surface area contributed by atoms with Gasteiger partial charge in [-0.15, -0.1) is 0 Å². The molecular formula is C12H26N. The minimum absolute atomic E-state index is 0.840. The summed E-state index contributed by atoms with van der Waals surface area (Å²) in [6.07, 6.45) is 6.56. The lowest BCUT2D eigenvalue weighted by Gasteiger charge is -2.22. The van der Waals surface area contributed by atoms with Crippen molar-refractivity contribution in [2.45, 2.75) is 58.9 Å². The molecule has 0 aliphatic carbocycles. The molecule has 1 heterocycles. The van der Waals surface area contributed by atoms with Crippen molar-refractivity contribution >= 4 is 0 Å². The second-order valence-corrected chi connectivity index (χ2v) is 3.88. The summed E-state index contributed by atoms with van der Waals surface area (Å²) in [5.41, 5.74) is 0. The van der Waals surface area contributed by atoms with E-state index in [1.54, 1.807) is 0 Å². The Morgan fingerprint density at radius 2 is 1.69 bits per heavy atom. The van der Waals surface area contributed by atoms with E-state index in [-0.39, 0.29) is 0 Å². The molecule has 1 unspecified atom stereocenters. The lowest BCUT2D eigenvalue weighted by Crippen LogP contribution is -2.29. The highest BCUT2D eigenvalue weighted by Gasteiger charge is 2.16. The van der Waals surface area contributed by atoms with Crippen LogP contribution in [0.4, 0.5) is 0 Å². The van der Waals surface area contributed by atoms with Gasteiger partial charge < -0.3 is 4.90 Å². The third kappa shape index (κ3) is 6.09. The van der Waals surface area contributed by atoms with Gasteiger partial charge in [0, 0.05) is 6.04 Å². The Balaban J connectivity index is 0.000000424. The lowest BCUT2D eigenvalue weighted by molar-refractivity contribution is 0.246. The Labute approximate surface area is 84.5 Å². The largest absolute Gasteiger partial charge is 0.301 e. The van der Waals surface area contributed by atoms with Crippen molar-refractivity contribution in [3.05, 3.63) is 6.92 Å². The average Bonchev–Trinajstić information content (AvgIpc) is 2.58. The number of rotatable bonds is 3. The summed E-state index contributed by atoms with van der Waals surface area (Å²) in [7, 11) is 0. The average molecular weight is 184 g/mol. The molecule has 0 amide bonds. The summed E-state index contributed by atoms with van der Waals surface area (Å²) in [4.78, 5) is 2.61. The van der Waals surface area contributed by atoms with Crippen LogP contribution in [0.3, 0.4) is 0 Å². The van der Waals surface area contributed by atoms with E-state index >= 15 is 0 Å². The predicted molar refractivity (Wildman–Crippen MR) is 60.8 cm³/mol. The number of hydrogen-bond donors (Lipinski definition) is 0. The van der Waals surface area contributed by atoms with Gasteiger partial charge in [0.2, 0.25) is 0 Å². The Hall–Kier alpha value is -0.0400. The lowest BCUT2D eigenvalue weighted by atomic mass is 10.2. The monoisotopic (exact) mass is 184 g/mol. The van der Waals surface area contributed by atoms with Gasteiger partial charge in [0.15, 0.2) is 0 Å². The van der Waals surface area contributed by atoms with Crippen LogP contribution in [0.1, 0.15) is 52.9 Å². The molecule has 1 fully saturated rings. The molecule has 0 aromatic rings. The molecule has 1 atom stereocenters. The molecule has 1 aliphatic rings. The van der Waals surface area contributed by atoms with E-state index in [1.807, 2.05) is 6.92 Å². The van der Waals surface area contributed by atoms with Crippen molar-refractivity contribution in [3.8, 4) is 0 Å². The van der Waals surface area contributed by atoms with Crippen LogP contribution in [0.2, 0.25) is 0 Å². The van der Waals surface area contributed by atoms with Crippen LogP contribution in [0, 0.1) is 6.92 Å². The van der Waals surface area contributed by atoms with Crippen molar-refractivity contribution in [1.82, 2.24) is 4.90 Å². The number of hydrogen-bond acceptors (Lipinski definition) is 1. The molecule has 0 aromatic carbocycles. The molecule has 1 nitrogen and oxygen atoms in total. The topological polar surface area (TPSA) is 3.24 Å². The first-order chi connectivity index (χ1) is 6.26. The number of likely N-dealkylation sites (tertiary alicyclic amines) is 1. The fourth-order valence-corrected chi connectivity index (χ4v) is 1.78. The van der Waals surface area contributed by atoms with E-state index in [9.17, 15) is 0 Å². The SMILES string of the molecule is CCCC(C)N1CCCC1.[CH2]CC. The molecule has 1 rings (SSSR count). The van der Waals surface area contributed by atoms with Crippen LogP contribution in [-0.2, 0) is 0 Å². The van der Waals surface area contributed by atoms with E-state index in [2.05, 4.69) is 25.7 Å². The zero-order valence-electron chi connectivity index (χ0n) is 9.68. The highest BCUT2D eigenvalue weighted by Crippen LogP contribution is 2.14. The summed E-state index contributed by atoms with van der Waals surface area (Å²) in [6, 6.07) is 0.840. The minimum Gasteiger partial charge on any atom is -0.301 e. The molecule has 0 spiro atoms. The minimum atomic E-state index is 0.840. The van der Waals surface area contributed by atoms with Crippen LogP contribution < -0.4 is 0 Å². The Morgan fingerprint density at radius 3 is 2.08 bits per heavy atom. The molecule has 1 radical (unpaired) electrons. The molecule has 1 aliphatic heterocycles. The van der Waals surface area contributed by atoms with Gasteiger partial charge in [-0.3, -0.25) is 0 Å². The van der Waals surface area contributed by atoms with Crippen molar-refractivity contribution in [2.75, 3.05) is 13.1 Å². The summed E-state index contributed by atoms with van der Waals surface area (Å²) < 4.78 is 0. The molecule has 0 bridgehead atoms. The fourth-order valence-electron chi connectivity index (χ4n) is 1.78. The molecule has 0 saturated carbocycles. The first-order valence-electron chi connectivity index (χ1n) is 5.79. The predicted octanol–water partition coefficient (Wildman–Crippen LogP) is 3.50. The summed E-state index contributed by atoms with van der Waals surface area (Å²) >= 11 is 0. The summed E-state index contributed by atoms with van der Waals surface area (Å²) in [6.45, 7) is 12.8. The van der Waals surface area contributed by atoms with Gasteiger partial charge in [-0.25, -0.2) is 0 Å². The zero-order valence-corrected chi connectivity index (χ0v) is 9.68. The Morgan fingerprint density at radius 1 is 1.23 bits per heavy atom. The summed E-state index contributed by atoms with van der Waals surface area (Å²) in [5, 5.41) is 0. The van der Waals surface area contributed by atoms with E-state index in [0.717, 1.165) is 12.5 Å². The second kappa shape index (κ2) is 8.55. The zero-order chi connectivity index (χ0) is 10.1. The van der Waals surface area contributed by atoms with Gasteiger partial charge >= 0.3 is 0 Å². The van der Waals surface area contributed by atoms with Crippen LogP contribution in [0.25, 0.3) is 0 Å². The fraction of sp³-hybridized carbons (Fsp3) is 0.917. The van der Waals surface area contributed by atoms with Crippen LogP contribution in [0.5, 0.6) is 0 Å². The molecular weight excluding hydrogens is 158 g/mol. The van der Waals surface area contributed by atoms with Crippen molar-refractivity contribution in [2.24, 2.45) is 0 Å². The first kappa shape index (κ1) is 13.0. The normalized spacial score (nSPS) is 19.4. The van der Waals surface area contributed by atoms with E-state index in [4.69, 9.17) is 0 Å². The third-order valence-electron chi connectivity index (χ3n) is 2.47. The summed E-state index contributed by atoms with van der Waals surface area (Å²) in [5.74, 6) is 0. The Bertz CT molecular complexity index is 95.3. The highest BCUT2D eigenvalue weighted by molar-refractivity contribution is 4.71. The maximum atomic E-state index is 3.49. The molecule has 0 N–H and O–H groups in total. The quantitative estimate of drug-likeness (QED) is 0.649. The molecule has 79 valence electrons. The van der Waals surface area contributed by atoms with Crippen molar-refractivity contribution in [3.63, 3.8) is 0 Å². The molecule has 1 heteroatoms. The van der Waals surface area contributed by atoms with Crippen LogP contribution >= 0.6 is 0 Å². The molecule has 0 aromatic heterocycles. The van der Waals surface area contributed by atoms with Gasteiger partial charge in [-0.2, -0.15) is 0 Å². The molecule has 13 heavy (non-hydrogen) atoms. The van der Waals surface area contributed by atoms with Gasteiger partial charge in [0.05, 0.1) is 0 Å². The van der Waals surface area contributed by atoms with Crippen LogP contribution in [-0.4, -0.2) is 24.0 Å². The van der Waals surface area contributed by atoms with E-state index < -0.39 is 0 Å². The van der Waals surface area contributed by atoms with Crippen molar-refractivity contribution < 1.29 is 0 Å². The highest BCUT2D eigenvalue weighted by atomic mass is 15.2. The van der Waals surface area contributed by atoms with Gasteiger partial charge in [0.25, 0.3) is 0 Å². The van der Waals surface area contributed by atoms with Crippen molar-refractivity contribution in [1.29, 1.82) is 0 Å². The van der Waals surface area contributed by atoms with Gasteiger partial charge in [-0.05, 0) is 39.3 Å². The maximum absolute atomic E-state index is 3.49. The van der Waals surface area contributed by atoms with Gasteiger partial charge in [0.1, 0.15) is 0 Å². The third-order valence-corrected chi connectivity index (χ3v) is 2.47. The van der Waals surface area contributed by atoms with E-state index in [0.29, 0.717) is 0 Å². The molecule has 1 saturated heterocycles. The Kier molecular flexibility index (Phi) is 8.53. The smallest absolute Gasteiger partial charge is 0.00668 e. The second-order valence-electron chi connectivity index (χ2n) is 3.88. The van der Waals surface area contributed by atoms with Crippen LogP contribution in [0.15, 0.2) is 0 Å². The maximum Gasteiger partial charge on any atom is 0.00668 e. The van der Waals surface area contributed by atoms with Gasteiger partial charge in [-0.1, -0.05) is 33.6 Å². The standard InChI is InChI=1S/C9H19N.C3H7/c1-3-6-9(2)10-7-4-5-8-10;1-3-2/h9H,3-8H2,1-2H3;1,3H2,2H3.